The number of anilines is 1. The fourth-order valence-corrected chi connectivity index (χ4v) is 2.47. The summed E-state index contributed by atoms with van der Waals surface area (Å²) in [6.07, 6.45) is -4.43. The van der Waals surface area contributed by atoms with E-state index in [-0.39, 0.29) is 13.1 Å². The molecule has 7 heteroatoms. The summed E-state index contributed by atoms with van der Waals surface area (Å²) in [6.45, 7) is 0.000993. The lowest BCUT2D eigenvalue weighted by Crippen LogP contribution is -2.43. The highest BCUT2D eigenvalue weighted by atomic mass is 79.9. The molecule has 0 unspecified atom stereocenters. The molecular formula is C11H10BrF3N2O. The number of rotatable bonds is 0. The zero-order valence-electron chi connectivity index (χ0n) is 9.22. The van der Waals surface area contributed by atoms with E-state index in [2.05, 4.69) is 15.9 Å². The molecule has 1 aromatic carbocycles. The summed E-state index contributed by atoms with van der Waals surface area (Å²) in [5.41, 5.74) is 7.70. The van der Waals surface area contributed by atoms with Gasteiger partial charge in [-0.2, -0.15) is 13.2 Å². The number of carbonyl (C=O) groups is 1. The van der Waals surface area contributed by atoms with Crippen molar-refractivity contribution < 1.29 is 18.0 Å². The Balaban J connectivity index is 2.30. The topological polar surface area (TPSA) is 46.3 Å². The molecule has 0 aromatic heterocycles. The van der Waals surface area contributed by atoms with Crippen molar-refractivity contribution >= 4 is 27.5 Å². The van der Waals surface area contributed by atoms with Crippen molar-refractivity contribution in [1.29, 1.82) is 0 Å². The number of carbonyl (C=O) groups excluding carboxylic acids is 1. The number of nitrogen functional groups attached to an aromatic ring is 1. The van der Waals surface area contributed by atoms with Crippen molar-refractivity contribution in [2.24, 2.45) is 0 Å². The van der Waals surface area contributed by atoms with Crippen LogP contribution in [0.1, 0.15) is 11.1 Å². The maximum Gasteiger partial charge on any atom is 0.471 e. The van der Waals surface area contributed by atoms with Crippen LogP contribution in [0.2, 0.25) is 0 Å². The summed E-state index contributed by atoms with van der Waals surface area (Å²) >= 11 is 3.25. The average molecular weight is 323 g/mol. The number of alkyl halides is 3. The maximum atomic E-state index is 12.4. The van der Waals surface area contributed by atoms with Crippen LogP contribution in [0.5, 0.6) is 0 Å². The molecule has 1 aliphatic rings. The number of nitrogens with zero attached hydrogens (tertiary/aromatic N) is 1. The quantitative estimate of drug-likeness (QED) is 0.746. The Bertz CT molecular complexity index is 502. The molecule has 0 atom stereocenters. The van der Waals surface area contributed by atoms with Crippen LogP contribution in [0.3, 0.4) is 0 Å². The molecule has 18 heavy (non-hydrogen) atoms. The van der Waals surface area contributed by atoms with Crippen LogP contribution in [-0.2, 0) is 17.8 Å². The Morgan fingerprint density at radius 2 is 2.06 bits per heavy atom. The van der Waals surface area contributed by atoms with Gasteiger partial charge in [0.1, 0.15) is 0 Å². The summed E-state index contributed by atoms with van der Waals surface area (Å²) < 4.78 is 37.7. The minimum atomic E-state index is -4.83. The van der Waals surface area contributed by atoms with Gasteiger partial charge in [0.25, 0.3) is 0 Å². The SMILES string of the molecule is Nc1ccc2c(c1Br)CN(C(=O)C(F)(F)F)CC2. The first kappa shape index (κ1) is 13.2. The van der Waals surface area contributed by atoms with Gasteiger partial charge in [0.05, 0.1) is 0 Å². The van der Waals surface area contributed by atoms with Gasteiger partial charge in [0, 0.05) is 23.2 Å². The minimum absolute atomic E-state index is 0.0701. The molecule has 1 aromatic rings. The minimum Gasteiger partial charge on any atom is -0.398 e. The molecule has 0 saturated carbocycles. The van der Waals surface area contributed by atoms with Crippen LogP contribution in [0, 0.1) is 0 Å². The van der Waals surface area contributed by atoms with Crippen LogP contribution in [0.15, 0.2) is 16.6 Å². The number of amides is 1. The van der Waals surface area contributed by atoms with Gasteiger partial charge in [-0.1, -0.05) is 6.07 Å². The summed E-state index contributed by atoms with van der Waals surface area (Å²) in [7, 11) is 0. The second kappa shape index (κ2) is 4.46. The lowest BCUT2D eigenvalue weighted by molar-refractivity contribution is -0.186. The summed E-state index contributed by atoms with van der Waals surface area (Å²) in [5, 5.41) is 0. The number of hydrogen-bond acceptors (Lipinski definition) is 2. The van der Waals surface area contributed by atoms with E-state index in [9.17, 15) is 18.0 Å². The van der Waals surface area contributed by atoms with E-state index in [4.69, 9.17) is 5.73 Å². The van der Waals surface area contributed by atoms with E-state index in [1.807, 2.05) is 0 Å². The molecule has 2 N–H and O–H groups in total. The first-order valence-corrected chi connectivity index (χ1v) is 6.02. The largest absolute Gasteiger partial charge is 0.471 e. The molecule has 0 radical (unpaired) electrons. The number of hydrogen-bond donors (Lipinski definition) is 1. The highest BCUT2D eigenvalue weighted by Gasteiger charge is 2.43. The fourth-order valence-electron chi connectivity index (χ4n) is 1.96. The van der Waals surface area contributed by atoms with E-state index in [0.717, 1.165) is 10.5 Å². The Labute approximate surface area is 110 Å². The Kier molecular flexibility index (Phi) is 3.27. The lowest BCUT2D eigenvalue weighted by Gasteiger charge is -2.30. The van der Waals surface area contributed by atoms with Gasteiger partial charge in [-0.15, -0.1) is 0 Å². The van der Waals surface area contributed by atoms with Crippen LogP contribution in [0.25, 0.3) is 0 Å². The predicted molar refractivity (Wildman–Crippen MR) is 63.7 cm³/mol. The second-order valence-corrected chi connectivity index (χ2v) is 4.87. The van der Waals surface area contributed by atoms with Gasteiger partial charge in [-0.05, 0) is 39.5 Å². The van der Waals surface area contributed by atoms with Crippen LogP contribution >= 0.6 is 15.9 Å². The normalized spacial score (nSPS) is 15.4. The van der Waals surface area contributed by atoms with E-state index < -0.39 is 12.1 Å². The van der Waals surface area contributed by atoms with Crippen molar-refractivity contribution in [3.8, 4) is 0 Å². The zero-order valence-corrected chi connectivity index (χ0v) is 10.8. The van der Waals surface area contributed by atoms with Gasteiger partial charge in [-0.3, -0.25) is 4.79 Å². The number of nitrogens with two attached hydrogens (primary N) is 1. The summed E-state index contributed by atoms with van der Waals surface area (Å²) in [5.74, 6) is -1.80. The molecule has 1 heterocycles. The Morgan fingerprint density at radius 3 is 2.67 bits per heavy atom. The molecule has 1 amide bonds. The number of halogens is 4. The van der Waals surface area contributed by atoms with Gasteiger partial charge in [0.15, 0.2) is 0 Å². The van der Waals surface area contributed by atoms with E-state index in [0.29, 0.717) is 22.1 Å². The third kappa shape index (κ3) is 2.31. The first-order valence-electron chi connectivity index (χ1n) is 5.22. The molecule has 0 bridgehead atoms. The molecule has 98 valence electrons. The summed E-state index contributed by atoms with van der Waals surface area (Å²) in [6, 6.07) is 3.48. The van der Waals surface area contributed by atoms with Gasteiger partial charge in [-0.25, -0.2) is 0 Å². The highest BCUT2D eigenvalue weighted by molar-refractivity contribution is 9.10. The number of benzene rings is 1. The van der Waals surface area contributed by atoms with E-state index >= 15 is 0 Å². The molecule has 3 nitrogen and oxygen atoms in total. The van der Waals surface area contributed by atoms with Crippen LogP contribution in [-0.4, -0.2) is 23.5 Å². The standard InChI is InChI=1S/C11H10BrF3N2O/c12-9-7-5-17(10(18)11(13,14)15)4-3-6(7)1-2-8(9)16/h1-2H,3-5,16H2. The molecule has 0 spiro atoms. The van der Waals surface area contributed by atoms with Crippen molar-refractivity contribution in [2.45, 2.75) is 19.1 Å². The van der Waals surface area contributed by atoms with Gasteiger partial charge >= 0.3 is 12.1 Å². The molecule has 0 aliphatic carbocycles. The molecule has 0 saturated heterocycles. The Morgan fingerprint density at radius 1 is 1.39 bits per heavy atom. The average Bonchev–Trinajstić information content (AvgIpc) is 2.31. The monoisotopic (exact) mass is 322 g/mol. The Hall–Kier alpha value is -1.24. The van der Waals surface area contributed by atoms with Crippen molar-refractivity contribution in [1.82, 2.24) is 4.90 Å². The van der Waals surface area contributed by atoms with Crippen molar-refractivity contribution in [3.63, 3.8) is 0 Å². The highest BCUT2D eigenvalue weighted by Crippen LogP contribution is 2.32. The van der Waals surface area contributed by atoms with Crippen molar-refractivity contribution in [2.75, 3.05) is 12.3 Å². The zero-order chi connectivity index (χ0) is 13.5. The second-order valence-electron chi connectivity index (χ2n) is 4.08. The third-order valence-electron chi connectivity index (χ3n) is 2.90. The van der Waals surface area contributed by atoms with Crippen LogP contribution in [0.4, 0.5) is 18.9 Å². The maximum absolute atomic E-state index is 12.4. The first-order chi connectivity index (χ1) is 8.30. The van der Waals surface area contributed by atoms with E-state index in [1.165, 1.54) is 0 Å². The molecule has 0 fully saturated rings. The van der Waals surface area contributed by atoms with Gasteiger partial charge < -0.3 is 10.6 Å². The predicted octanol–water partition coefficient (Wildman–Crippen LogP) is 2.48. The third-order valence-corrected chi connectivity index (χ3v) is 3.84. The lowest BCUT2D eigenvalue weighted by atomic mass is 9.99. The molecule has 1 aliphatic heterocycles. The summed E-state index contributed by atoms with van der Waals surface area (Å²) in [4.78, 5) is 12.0. The fraction of sp³-hybridized carbons (Fsp3) is 0.364. The van der Waals surface area contributed by atoms with Crippen molar-refractivity contribution in [3.05, 3.63) is 27.7 Å². The smallest absolute Gasteiger partial charge is 0.398 e. The molecule has 2 rings (SSSR count). The van der Waals surface area contributed by atoms with Gasteiger partial charge in [0.2, 0.25) is 0 Å². The van der Waals surface area contributed by atoms with E-state index in [1.54, 1.807) is 12.1 Å². The van der Waals surface area contributed by atoms with Crippen LogP contribution < -0.4 is 5.73 Å². The molecular weight excluding hydrogens is 313 g/mol. The number of fused-ring (bicyclic) bond motifs is 1.